The van der Waals surface area contributed by atoms with Crippen molar-refractivity contribution >= 4 is 14.2 Å². The molecule has 164 valence electrons. The molecule has 4 atom stereocenters. The summed E-state index contributed by atoms with van der Waals surface area (Å²) in [6, 6.07) is 18.5. The second kappa shape index (κ2) is 10.1. The van der Waals surface area contributed by atoms with Gasteiger partial charge in [-0.25, -0.2) is 4.79 Å². The van der Waals surface area contributed by atoms with Gasteiger partial charge in [-0.2, -0.15) is 0 Å². The van der Waals surface area contributed by atoms with Gasteiger partial charge in [0.25, 0.3) is 0 Å². The van der Waals surface area contributed by atoms with Gasteiger partial charge >= 0.3 is 6.09 Å². The van der Waals surface area contributed by atoms with Crippen LogP contribution < -0.4 is 0 Å². The molecule has 0 spiro atoms. The molecule has 1 aliphatic heterocycles. The number of carbonyl (C=O) groups is 1. The van der Waals surface area contributed by atoms with Crippen LogP contribution in [0.25, 0.3) is 0 Å². The van der Waals surface area contributed by atoms with E-state index in [0.717, 1.165) is 11.1 Å². The Kier molecular flexibility index (Phi) is 7.55. The molecule has 0 unspecified atom stereocenters. The largest absolute Gasteiger partial charge is 0.447 e. The fourth-order valence-corrected chi connectivity index (χ4v) is 4.02. The second-order valence-electron chi connectivity index (χ2n) is 8.87. The minimum atomic E-state index is -1.74. The molecule has 1 N–H and O–H groups in total. The van der Waals surface area contributed by atoms with Crippen LogP contribution in [0.1, 0.15) is 24.1 Å². The number of aliphatic hydroxyl groups is 1. The highest BCUT2D eigenvalue weighted by Crippen LogP contribution is 2.31. The van der Waals surface area contributed by atoms with Crippen molar-refractivity contribution in [2.45, 2.75) is 57.5 Å². The van der Waals surface area contributed by atoms with Crippen molar-refractivity contribution < 1.29 is 19.4 Å². The lowest BCUT2D eigenvalue weighted by Gasteiger charge is -2.33. The number of amides is 1. The average Bonchev–Trinajstić information content (AvgIpc) is 3.14. The first kappa shape index (κ1) is 23.1. The third-order valence-electron chi connectivity index (χ3n) is 5.15. The van der Waals surface area contributed by atoms with Crippen LogP contribution in [0.4, 0.5) is 4.79 Å². The van der Waals surface area contributed by atoms with Crippen LogP contribution in [0.5, 0.6) is 0 Å². The predicted molar refractivity (Wildman–Crippen MR) is 124 cm³/mol. The lowest BCUT2D eigenvalue weighted by atomic mass is 10.0. The van der Waals surface area contributed by atoms with Crippen molar-refractivity contribution in [1.29, 1.82) is 0 Å². The van der Waals surface area contributed by atoms with E-state index in [1.54, 1.807) is 4.90 Å². The Bertz CT molecular complexity index is 917. The molecule has 1 fully saturated rings. The van der Waals surface area contributed by atoms with Crippen LogP contribution in [0, 0.1) is 11.5 Å². The second-order valence-corrected chi connectivity index (χ2v) is 13.6. The molecule has 0 saturated carbocycles. The molecule has 1 aliphatic rings. The van der Waals surface area contributed by atoms with Crippen molar-refractivity contribution in [1.82, 2.24) is 4.90 Å². The Morgan fingerprint density at radius 2 is 1.74 bits per heavy atom. The molecule has 0 bridgehead atoms. The van der Waals surface area contributed by atoms with E-state index in [0.29, 0.717) is 6.61 Å². The standard InChI is InChI=1S/C25H31NO4Si/c1-19(29-17-20-11-7-5-8-12-20)24(27)22(15-16-31(2,3)4)26-23(18-30-25(26)28)21-13-9-6-10-14-21/h5-14,19,22-24,27H,17-18H2,1-4H3/t19-,22+,23-,24+/m0/s1. The van der Waals surface area contributed by atoms with Crippen LogP contribution in [-0.4, -0.2) is 49.0 Å². The molecule has 0 aromatic heterocycles. The minimum Gasteiger partial charge on any atom is -0.447 e. The Morgan fingerprint density at radius 1 is 1.13 bits per heavy atom. The monoisotopic (exact) mass is 437 g/mol. The number of ether oxygens (including phenoxy) is 2. The zero-order valence-electron chi connectivity index (χ0n) is 18.6. The summed E-state index contributed by atoms with van der Waals surface area (Å²) in [5, 5.41) is 11.2. The summed E-state index contributed by atoms with van der Waals surface area (Å²) in [5.41, 5.74) is 5.30. The molecule has 0 radical (unpaired) electrons. The summed E-state index contributed by atoms with van der Waals surface area (Å²) in [4.78, 5) is 14.3. The molecule has 5 nitrogen and oxygen atoms in total. The molecule has 3 rings (SSSR count). The molecule has 1 heterocycles. The van der Waals surface area contributed by atoms with Gasteiger partial charge in [-0.15, -0.1) is 5.54 Å². The van der Waals surface area contributed by atoms with Gasteiger partial charge in [0.1, 0.15) is 26.8 Å². The topological polar surface area (TPSA) is 59.0 Å². The zero-order chi connectivity index (χ0) is 22.4. The summed E-state index contributed by atoms with van der Waals surface area (Å²) < 4.78 is 11.3. The first-order chi connectivity index (χ1) is 14.8. The van der Waals surface area contributed by atoms with Gasteiger partial charge < -0.3 is 14.6 Å². The summed E-state index contributed by atoms with van der Waals surface area (Å²) in [6.45, 7) is 8.83. The van der Waals surface area contributed by atoms with Crippen LogP contribution in [0.2, 0.25) is 19.6 Å². The number of carbonyl (C=O) groups excluding carboxylic acids is 1. The van der Waals surface area contributed by atoms with Gasteiger partial charge in [0.15, 0.2) is 0 Å². The molecule has 2 aromatic rings. The van der Waals surface area contributed by atoms with E-state index in [-0.39, 0.29) is 12.6 Å². The van der Waals surface area contributed by atoms with Gasteiger partial charge in [-0.3, -0.25) is 4.90 Å². The van der Waals surface area contributed by atoms with Crippen molar-refractivity contribution in [2.75, 3.05) is 6.61 Å². The number of hydrogen-bond acceptors (Lipinski definition) is 4. The lowest BCUT2D eigenvalue weighted by molar-refractivity contribution is -0.0569. The predicted octanol–water partition coefficient (Wildman–Crippen LogP) is 4.40. The summed E-state index contributed by atoms with van der Waals surface area (Å²) in [7, 11) is -1.74. The fourth-order valence-electron chi connectivity index (χ4n) is 3.44. The fraction of sp³-hybridized carbons (Fsp3) is 0.400. The van der Waals surface area contributed by atoms with Gasteiger partial charge in [0.2, 0.25) is 0 Å². The number of cyclic esters (lactones) is 1. The molecule has 0 aliphatic carbocycles. The van der Waals surface area contributed by atoms with E-state index in [2.05, 4.69) is 31.1 Å². The van der Waals surface area contributed by atoms with E-state index in [9.17, 15) is 9.90 Å². The van der Waals surface area contributed by atoms with Crippen molar-refractivity contribution in [3.63, 3.8) is 0 Å². The summed E-state index contributed by atoms with van der Waals surface area (Å²) in [6.07, 6.45) is -1.96. The SMILES string of the molecule is C[C@H](OCc1ccccc1)[C@@H](O)[C@@H](C#C[Si](C)(C)C)N1C(=O)OC[C@H]1c1ccccc1. The number of hydrogen-bond donors (Lipinski definition) is 1. The Labute approximate surface area is 186 Å². The molecular weight excluding hydrogens is 406 g/mol. The Morgan fingerprint density at radius 3 is 2.35 bits per heavy atom. The summed E-state index contributed by atoms with van der Waals surface area (Å²) >= 11 is 0. The maximum Gasteiger partial charge on any atom is 0.411 e. The van der Waals surface area contributed by atoms with Crippen LogP contribution >= 0.6 is 0 Å². The van der Waals surface area contributed by atoms with E-state index in [1.165, 1.54) is 0 Å². The van der Waals surface area contributed by atoms with Crippen LogP contribution in [0.15, 0.2) is 60.7 Å². The van der Waals surface area contributed by atoms with Crippen LogP contribution in [-0.2, 0) is 16.1 Å². The third kappa shape index (κ3) is 6.20. The molecular formula is C25H31NO4Si. The van der Waals surface area contributed by atoms with Gasteiger partial charge in [-0.05, 0) is 18.1 Å². The Balaban J connectivity index is 1.85. The van der Waals surface area contributed by atoms with Gasteiger partial charge in [-0.1, -0.05) is 86.2 Å². The average molecular weight is 438 g/mol. The number of aliphatic hydroxyl groups excluding tert-OH is 1. The first-order valence-corrected chi connectivity index (χ1v) is 14.1. The number of rotatable bonds is 7. The number of nitrogens with zero attached hydrogens (tertiary/aromatic N) is 1. The third-order valence-corrected chi connectivity index (χ3v) is 6.04. The van der Waals surface area contributed by atoms with Gasteiger partial charge in [0, 0.05) is 0 Å². The molecule has 2 aromatic carbocycles. The normalized spacial score (nSPS) is 19.2. The van der Waals surface area contributed by atoms with Crippen molar-refractivity contribution in [3.05, 3.63) is 71.8 Å². The minimum absolute atomic E-state index is 0.236. The molecule has 6 heteroatoms. The maximum absolute atomic E-state index is 12.7. The van der Waals surface area contributed by atoms with Crippen molar-refractivity contribution in [2.24, 2.45) is 0 Å². The lowest BCUT2D eigenvalue weighted by Crippen LogP contribution is -2.49. The molecule has 1 amide bonds. The van der Waals surface area contributed by atoms with E-state index < -0.39 is 32.4 Å². The zero-order valence-corrected chi connectivity index (χ0v) is 19.6. The molecule has 31 heavy (non-hydrogen) atoms. The smallest absolute Gasteiger partial charge is 0.411 e. The quantitative estimate of drug-likeness (QED) is 0.515. The first-order valence-electron chi connectivity index (χ1n) is 10.6. The van der Waals surface area contributed by atoms with E-state index in [4.69, 9.17) is 9.47 Å². The Hall–Kier alpha value is -2.59. The highest BCUT2D eigenvalue weighted by molar-refractivity contribution is 6.83. The van der Waals surface area contributed by atoms with Gasteiger partial charge in [0.05, 0.1) is 18.8 Å². The highest BCUT2D eigenvalue weighted by atomic mass is 28.3. The van der Waals surface area contributed by atoms with E-state index in [1.807, 2.05) is 67.6 Å². The van der Waals surface area contributed by atoms with Crippen molar-refractivity contribution in [3.8, 4) is 11.5 Å². The maximum atomic E-state index is 12.7. The molecule has 1 saturated heterocycles. The number of benzene rings is 2. The highest BCUT2D eigenvalue weighted by Gasteiger charge is 2.43. The van der Waals surface area contributed by atoms with Crippen LogP contribution in [0.3, 0.4) is 0 Å². The van der Waals surface area contributed by atoms with E-state index >= 15 is 0 Å². The summed E-state index contributed by atoms with van der Waals surface area (Å²) in [5.74, 6) is 3.22.